The number of carbonyl (C=O) groups excluding carboxylic acids is 2. The van der Waals surface area contributed by atoms with E-state index in [2.05, 4.69) is 4.74 Å². The number of benzene rings is 2. The molecular weight excluding hydrogens is 440 g/mol. The van der Waals surface area contributed by atoms with Gasteiger partial charge in [0.25, 0.3) is 0 Å². The fourth-order valence-electron chi connectivity index (χ4n) is 3.19. The zero-order valence-electron chi connectivity index (χ0n) is 17.5. The van der Waals surface area contributed by atoms with Crippen LogP contribution in [0.2, 0.25) is 0 Å². The van der Waals surface area contributed by atoms with Gasteiger partial charge in [0.1, 0.15) is 0 Å². The molecule has 10 heteroatoms. The van der Waals surface area contributed by atoms with E-state index in [9.17, 15) is 35.9 Å². The molecule has 0 spiro atoms. The molecule has 0 aliphatic carbocycles. The van der Waals surface area contributed by atoms with Crippen molar-refractivity contribution in [2.24, 2.45) is 0 Å². The van der Waals surface area contributed by atoms with Gasteiger partial charge in [-0.15, -0.1) is 0 Å². The smallest absolute Gasteiger partial charge is 0.416 e. The van der Waals surface area contributed by atoms with Gasteiger partial charge in [0, 0.05) is 20.0 Å². The molecule has 0 N–H and O–H groups in total. The lowest BCUT2D eigenvalue weighted by Crippen LogP contribution is -2.28. The molecule has 0 aromatic heterocycles. The number of amides is 1. The van der Waals surface area contributed by atoms with E-state index in [0.717, 1.165) is 37.4 Å². The first-order valence-corrected chi connectivity index (χ1v) is 9.50. The highest BCUT2D eigenvalue weighted by Crippen LogP contribution is 2.37. The summed E-state index contributed by atoms with van der Waals surface area (Å²) in [6, 6.07) is 5.55. The number of hydrogen-bond acceptors (Lipinski definition) is 3. The molecule has 0 saturated carbocycles. The van der Waals surface area contributed by atoms with Crippen molar-refractivity contribution in [3.63, 3.8) is 0 Å². The second kappa shape index (κ2) is 9.62. The Hall–Kier alpha value is -3.04. The molecule has 2 aromatic carbocycles. The number of methoxy groups -OCH3 is 1. The van der Waals surface area contributed by atoms with Gasteiger partial charge in [0.05, 0.1) is 24.7 Å². The molecule has 2 rings (SSSR count). The highest BCUT2D eigenvalue weighted by molar-refractivity contribution is 5.76. The summed E-state index contributed by atoms with van der Waals surface area (Å²) in [5.74, 6) is -1.16. The highest BCUT2D eigenvalue weighted by atomic mass is 19.4. The van der Waals surface area contributed by atoms with Gasteiger partial charge >= 0.3 is 18.3 Å². The average molecular weight is 461 g/mol. The monoisotopic (exact) mass is 461 g/mol. The van der Waals surface area contributed by atoms with Crippen molar-refractivity contribution in [1.82, 2.24) is 4.90 Å². The summed E-state index contributed by atoms with van der Waals surface area (Å²) in [7, 11) is 1.09. The third kappa shape index (κ3) is 6.24. The summed E-state index contributed by atoms with van der Waals surface area (Å²) in [6.45, 7) is 2.85. The zero-order chi connectivity index (χ0) is 24.3. The van der Waals surface area contributed by atoms with Crippen LogP contribution in [0, 0.1) is 0 Å². The van der Waals surface area contributed by atoms with E-state index in [4.69, 9.17) is 0 Å². The van der Waals surface area contributed by atoms with Crippen LogP contribution in [-0.2, 0) is 39.6 Å². The van der Waals surface area contributed by atoms with Gasteiger partial charge in [-0.2, -0.15) is 26.3 Å². The average Bonchev–Trinajstić information content (AvgIpc) is 2.69. The molecular formula is C22H21F6NO3. The SMILES string of the molecule is CCN(Cc1cc(C(F)(F)F)ccc1-c1cc(CC(=O)OC)cc(C(F)(F)F)c1)C(C)=O. The second-order valence-electron chi connectivity index (χ2n) is 7.07. The number of carbonyl (C=O) groups is 2. The lowest BCUT2D eigenvalue weighted by atomic mass is 9.93. The van der Waals surface area contributed by atoms with Crippen molar-refractivity contribution in [3.8, 4) is 11.1 Å². The quantitative estimate of drug-likeness (QED) is 0.423. The number of nitrogens with zero attached hydrogens (tertiary/aromatic N) is 1. The Bertz CT molecular complexity index is 998. The Morgan fingerprint density at radius 3 is 2.06 bits per heavy atom. The minimum Gasteiger partial charge on any atom is -0.469 e. The van der Waals surface area contributed by atoms with Crippen LogP contribution in [-0.4, -0.2) is 30.4 Å². The molecule has 0 aliphatic heterocycles. The Morgan fingerprint density at radius 2 is 1.56 bits per heavy atom. The maximum absolute atomic E-state index is 13.5. The summed E-state index contributed by atoms with van der Waals surface area (Å²) in [4.78, 5) is 24.7. The van der Waals surface area contributed by atoms with Gasteiger partial charge in [0.15, 0.2) is 0 Å². The van der Waals surface area contributed by atoms with Crippen LogP contribution in [0.5, 0.6) is 0 Å². The van der Waals surface area contributed by atoms with Crippen LogP contribution in [0.15, 0.2) is 36.4 Å². The molecule has 2 aromatic rings. The second-order valence-corrected chi connectivity index (χ2v) is 7.07. The Morgan fingerprint density at radius 1 is 0.938 bits per heavy atom. The molecule has 0 aliphatic rings. The molecule has 0 atom stereocenters. The van der Waals surface area contributed by atoms with Gasteiger partial charge in [0.2, 0.25) is 5.91 Å². The molecule has 0 fully saturated rings. The minimum absolute atomic E-state index is 0.00793. The Balaban J connectivity index is 2.72. The minimum atomic E-state index is -4.75. The van der Waals surface area contributed by atoms with Crippen LogP contribution in [0.25, 0.3) is 11.1 Å². The van der Waals surface area contributed by atoms with Crippen molar-refractivity contribution in [2.45, 2.75) is 39.2 Å². The van der Waals surface area contributed by atoms with Crippen LogP contribution in [0.1, 0.15) is 36.1 Å². The van der Waals surface area contributed by atoms with E-state index in [0.29, 0.717) is 0 Å². The van der Waals surface area contributed by atoms with E-state index in [1.807, 2.05) is 0 Å². The number of alkyl halides is 6. The first-order valence-electron chi connectivity index (χ1n) is 9.50. The molecule has 0 saturated heterocycles. The summed E-state index contributed by atoms with van der Waals surface area (Å²) in [5, 5.41) is 0. The summed E-state index contributed by atoms with van der Waals surface area (Å²) in [5.41, 5.74) is -1.96. The first-order chi connectivity index (χ1) is 14.8. The Labute approximate surface area is 180 Å². The Kier molecular flexibility index (Phi) is 7.58. The fraction of sp³-hybridized carbons (Fsp3) is 0.364. The van der Waals surface area contributed by atoms with Crippen molar-refractivity contribution in [2.75, 3.05) is 13.7 Å². The topological polar surface area (TPSA) is 46.6 Å². The summed E-state index contributed by atoms with van der Waals surface area (Å²) >= 11 is 0. The van der Waals surface area contributed by atoms with Gasteiger partial charge in [-0.05, 0) is 53.4 Å². The highest BCUT2D eigenvalue weighted by Gasteiger charge is 2.33. The van der Waals surface area contributed by atoms with Crippen LogP contribution in [0.3, 0.4) is 0 Å². The van der Waals surface area contributed by atoms with Crippen molar-refractivity contribution in [1.29, 1.82) is 0 Å². The van der Waals surface area contributed by atoms with Crippen molar-refractivity contribution in [3.05, 3.63) is 58.7 Å². The largest absolute Gasteiger partial charge is 0.469 e. The van der Waals surface area contributed by atoms with E-state index >= 15 is 0 Å². The van der Waals surface area contributed by atoms with Crippen LogP contribution >= 0.6 is 0 Å². The first kappa shape index (κ1) is 25.2. The maximum atomic E-state index is 13.5. The van der Waals surface area contributed by atoms with Gasteiger partial charge in [-0.3, -0.25) is 9.59 Å². The number of rotatable bonds is 6. The zero-order valence-corrected chi connectivity index (χ0v) is 17.5. The fourth-order valence-corrected chi connectivity index (χ4v) is 3.19. The number of ether oxygens (including phenoxy) is 1. The molecule has 0 bridgehead atoms. The van der Waals surface area contributed by atoms with E-state index in [1.54, 1.807) is 6.92 Å². The van der Waals surface area contributed by atoms with Crippen LogP contribution in [0.4, 0.5) is 26.3 Å². The van der Waals surface area contributed by atoms with E-state index < -0.39 is 41.8 Å². The standard InChI is InChI=1S/C22H21F6NO3/c1-4-29(13(2)30)12-16-11-17(21(23,24)25)5-6-19(16)15-7-14(9-20(31)32-3)8-18(10-15)22(26,27)28/h5-8,10-11H,4,9,12H2,1-3H3. The van der Waals surface area contributed by atoms with Crippen LogP contribution < -0.4 is 0 Å². The van der Waals surface area contributed by atoms with Gasteiger partial charge in [-0.25, -0.2) is 0 Å². The molecule has 4 nitrogen and oxygen atoms in total. The predicted octanol–water partition coefficient (Wildman–Crippen LogP) is 5.48. The number of esters is 1. The van der Waals surface area contributed by atoms with Gasteiger partial charge in [-0.1, -0.05) is 12.1 Å². The molecule has 0 heterocycles. The summed E-state index contributed by atoms with van der Waals surface area (Å²) < 4.78 is 84.7. The molecule has 0 unspecified atom stereocenters. The third-order valence-electron chi connectivity index (χ3n) is 4.83. The third-order valence-corrected chi connectivity index (χ3v) is 4.83. The van der Waals surface area contributed by atoms with Crippen molar-refractivity contribution >= 4 is 11.9 Å². The number of halogens is 6. The lowest BCUT2D eigenvalue weighted by molar-refractivity contribution is -0.140. The van der Waals surface area contributed by atoms with Gasteiger partial charge < -0.3 is 9.64 Å². The molecule has 0 radical (unpaired) electrons. The lowest BCUT2D eigenvalue weighted by Gasteiger charge is -2.22. The molecule has 32 heavy (non-hydrogen) atoms. The normalized spacial score (nSPS) is 11.9. The van der Waals surface area contributed by atoms with E-state index in [1.165, 1.54) is 17.9 Å². The maximum Gasteiger partial charge on any atom is 0.416 e. The molecule has 174 valence electrons. The predicted molar refractivity (Wildman–Crippen MR) is 104 cm³/mol. The van der Waals surface area contributed by atoms with E-state index in [-0.39, 0.29) is 35.3 Å². The summed E-state index contributed by atoms with van der Waals surface area (Å²) in [6.07, 6.45) is -9.87. The number of hydrogen-bond donors (Lipinski definition) is 0. The molecule has 1 amide bonds. The van der Waals surface area contributed by atoms with Crippen molar-refractivity contribution < 1.29 is 40.7 Å².